The first kappa shape index (κ1) is 31.9. The summed E-state index contributed by atoms with van der Waals surface area (Å²) in [7, 11) is -2.23. The Morgan fingerprint density at radius 3 is 2.29 bits per heavy atom. The fourth-order valence-corrected chi connectivity index (χ4v) is 5.66. The van der Waals surface area contributed by atoms with Crippen molar-refractivity contribution >= 4 is 39.1 Å². The van der Waals surface area contributed by atoms with Crippen LogP contribution in [-0.4, -0.2) is 57.6 Å². The molecule has 11 heteroatoms. The molecular weight excluding hydrogens is 569 g/mol. The minimum Gasteiger partial charge on any atom is -0.495 e. The molecule has 0 fully saturated rings. The predicted molar refractivity (Wildman–Crippen MR) is 159 cm³/mol. The normalized spacial score (nSPS) is 11.9. The summed E-state index contributed by atoms with van der Waals surface area (Å²) >= 11 is 6.22. The van der Waals surface area contributed by atoms with Gasteiger partial charge in [-0.2, -0.15) is 0 Å². The van der Waals surface area contributed by atoms with Crippen molar-refractivity contribution in [3.8, 4) is 5.75 Å². The Morgan fingerprint density at radius 2 is 1.71 bits per heavy atom. The highest BCUT2D eigenvalue weighted by atomic mass is 35.5. The Bertz CT molecular complexity index is 1420. The third-order valence-electron chi connectivity index (χ3n) is 6.46. The van der Waals surface area contributed by atoms with Crippen molar-refractivity contribution in [2.45, 2.75) is 38.8 Å². The second-order valence-corrected chi connectivity index (χ2v) is 11.8. The number of rotatable bonds is 14. The SMILES string of the molecule is CCNC(=O)C(Cc1ccccc1)N(Cc1ccc(F)cc1)C(=O)CCCN(c1ccc(OC)c(Cl)c1)S(C)(=O)=O. The zero-order chi connectivity index (χ0) is 30.0. The number of methoxy groups -OCH3 is 1. The highest BCUT2D eigenvalue weighted by Crippen LogP contribution is 2.30. The highest BCUT2D eigenvalue weighted by Gasteiger charge is 2.30. The Labute approximate surface area is 246 Å². The molecule has 220 valence electrons. The number of benzene rings is 3. The van der Waals surface area contributed by atoms with Gasteiger partial charge in [-0.3, -0.25) is 13.9 Å². The Kier molecular flexibility index (Phi) is 11.5. The van der Waals surface area contributed by atoms with Crippen molar-refractivity contribution < 1.29 is 27.1 Å². The molecule has 0 heterocycles. The van der Waals surface area contributed by atoms with E-state index in [1.54, 1.807) is 31.2 Å². The van der Waals surface area contributed by atoms with Crippen molar-refractivity contribution in [2.24, 2.45) is 0 Å². The minimum absolute atomic E-state index is 0.0160. The fraction of sp³-hybridized carbons (Fsp3) is 0.333. The van der Waals surface area contributed by atoms with E-state index in [9.17, 15) is 22.4 Å². The molecule has 3 aromatic rings. The third-order valence-corrected chi connectivity index (χ3v) is 7.95. The van der Waals surface area contributed by atoms with Gasteiger partial charge in [-0.1, -0.05) is 54.1 Å². The lowest BCUT2D eigenvalue weighted by molar-refractivity contribution is -0.141. The van der Waals surface area contributed by atoms with E-state index in [0.717, 1.165) is 11.8 Å². The third kappa shape index (κ3) is 9.19. The predicted octanol–water partition coefficient (Wildman–Crippen LogP) is 4.81. The van der Waals surface area contributed by atoms with Crippen LogP contribution in [0.1, 0.15) is 30.9 Å². The van der Waals surface area contributed by atoms with Crippen LogP contribution in [0, 0.1) is 5.82 Å². The van der Waals surface area contributed by atoms with E-state index in [2.05, 4.69) is 5.32 Å². The maximum atomic E-state index is 13.7. The molecule has 1 atom stereocenters. The number of likely N-dealkylation sites (N-methyl/N-ethyl adjacent to an activating group) is 1. The van der Waals surface area contributed by atoms with Crippen LogP contribution in [0.4, 0.5) is 10.1 Å². The van der Waals surface area contributed by atoms with Gasteiger partial charge in [0.05, 0.1) is 24.1 Å². The Morgan fingerprint density at radius 1 is 1.02 bits per heavy atom. The van der Waals surface area contributed by atoms with Gasteiger partial charge in [0.2, 0.25) is 21.8 Å². The average molecular weight is 604 g/mol. The van der Waals surface area contributed by atoms with E-state index in [0.29, 0.717) is 23.5 Å². The molecule has 0 aliphatic heterocycles. The number of hydrogen-bond acceptors (Lipinski definition) is 5. The largest absolute Gasteiger partial charge is 0.495 e. The second-order valence-electron chi connectivity index (χ2n) is 9.51. The second kappa shape index (κ2) is 14.8. The summed E-state index contributed by atoms with van der Waals surface area (Å²) in [5.74, 6) is -0.638. The van der Waals surface area contributed by atoms with Gasteiger partial charge in [0.15, 0.2) is 0 Å². The number of nitrogens with one attached hydrogen (secondary N) is 1. The van der Waals surface area contributed by atoms with Crippen LogP contribution in [0.3, 0.4) is 0 Å². The van der Waals surface area contributed by atoms with Gasteiger partial charge in [-0.05, 0) is 54.8 Å². The van der Waals surface area contributed by atoms with Crippen LogP contribution in [0.5, 0.6) is 5.75 Å². The molecule has 2 amide bonds. The zero-order valence-electron chi connectivity index (χ0n) is 23.3. The highest BCUT2D eigenvalue weighted by molar-refractivity contribution is 7.92. The number of amides is 2. The molecule has 41 heavy (non-hydrogen) atoms. The maximum absolute atomic E-state index is 13.7. The van der Waals surface area contributed by atoms with E-state index < -0.39 is 21.9 Å². The van der Waals surface area contributed by atoms with Gasteiger partial charge in [-0.25, -0.2) is 12.8 Å². The van der Waals surface area contributed by atoms with E-state index in [-0.39, 0.29) is 49.2 Å². The van der Waals surface area contributed by atoms with Gasteiger partial charge in [0.25, 0.3) is 0 Å². The van der Waals surface area contributed by atoms with Crippen LogP contribution >= 0.6 is 11.6 Å². The van der Waals surface area contributed by atoms with E-state index in [4.69, 9.17) is 16.3 Å². The molecule has 0 aliphatic carbocycles. The van der Waals surface area contributed by atoms with Gasteiger partial charge in [0.1, 0.15) is 17.6 Å². The van der Waals surface area contributed by atoms with Crippen molar-refractivity contribution in [1.82, 2.24) is 10.2 Å². The van der Waals surface area contributed by atoms with Crippen LogP contribution in [0.15, 0.2) is 72.8 Å². The van der Waals surface area contributed by atoms with Crippen molar-refractivity contribution in [1.29, 1.82) is 0 Å². The van der Waals surface area contributed by atoms with Crippen LogP contribution < -0.4 is 14.4 Å². The molecule has 3 aromatic carbocycles. The summed E-state index contributed by atoms with van der Waals surface area (Å²) in [6.07, 6.45) is 1.52. The molecule has 0 saturated carbocycles. The first-order valence-corrected chi connectivity index (χ1v) is 15.4. The van der Waals surface area contributed by atoms with Gasteiger partial charge in [-0.15, -0.1) is 0 Å². The van der Waals surface area contributed by atoms with Gasteiger partial charge in [0, 0.05) is 32.5 Å². The molecule has 1 unspecified atom stereocenters. The smallest absolute Gasteiger partial charge is 0.243 e. The zero-order valence-corrected chi connectivity index (χ0v) is 24.9. The quantitative estimate of drug-likeness (QED) is 0.285. The molecular formula is C30H35ClFN3O5S. The molecule has 1 N–H and O–H groups in total. The lowest BCUT2D eigenvalue weighted by Crippen LogP contribution is -2.50. The Balaban J connectivity index is 1.86. The first-order chi connectivity index (χ1) is 19.5. The number of carbonyl (C=O) groups excluding carboxylic acids is 2. The maximum Gasteiger partial charge on any atom is 0.243 e. The van der Waals surface area contributed by atoms with Crippen molar-refractivity contribution in [3.63, 3.8) is 0 Å². The molecule has 0 spiro atoms. The summed E-state index contributed by atoms with van der Waals surface area (Å²) < 4.78 is 45.2. The fourth-order valence-electron chi connectivity index (χ4n) is 4.45. The minimum atomic E-state index is -3.69. The van der Waals surface area contributed by atoms with Crippen LogP contribution in [-0.2, 0) is 32.6 Å². The monoisotopic (exact) mass is 603 g/mol. The summed E-state index contributed by atoms with van der Waals surface area (Å²) in [5, 5.41) is 3.08. The summed E-state index contributed by atoms with van der Waals surface area (Å²) in [6.45, 7) is 2.28. The average Bonchev–Trinajstić information content (AvgIpc) is 2.94. The molecule has 8 nitrogen and oxygen atoms in total. The standard InChI is InChI=1S/C30H35ClFN3O5S/c1-4-33-30(37)27(19-22-9-6-5-7-10-22)34(21-23-12-14-24(32)15-13-23)29(36)11-8-18-35(41(3,38)39)25-16-17-28(40-2)26(31)20-25/h5-7,9-10,12-17,20,27H,4,8,11,18-19,21H2,1-3H3,(H,33,37). The topological polar surface area (TPSA) is 96.0 Å². The van der Waals surface area contributed by atoms with Crippen LogP contribution in [0.25, 0.3) is 0 Å². The van der Waals surface area contributed by atoms with Gasteiger partial charge >= 0.3 is 0 Å². The number of halogens is 2. The van der Waals surface area contributed by atoms with Crippen LogP contribution in [0.2, 0.25) is 5.02 Å². The molecule has 0 aromatic heterocycles. The summed E-state index contributed by atoms with van der Waals surface area (Å²) in [4.78, 5) is 28.5. The number of nitrogens with zero attached hydrogens (tertiary/aromatic N) is 2. The number of sulfonamides is 1. The molecule has 3 rings (SSSR count). The molecule has 0 bridgehead atoms. The number of ether oxygens (including phenoxy) is 1. The van der Waals surface area contributed by atoms with Crippen molar-refractivity contribution in [2.75, 3.05) is 30.8 Å². The van der Waals surface area contributed by atoms with E-state index in [1.807, 2.05) is 30.3 Å². The summed E-state index contributed by atoms with van der Waals surface area (Å²) in [5.41, 5.74) is 1.88. The van der Waals surface area contributed by atoms with E-state index >= 15 is 0 Å². The lowest BCUT2D eigenvalue weighted by atomic mass is 10.0. The summed E-state index contributed by atoms with van der Waals surface area (Å²) in [6, 6.07) is 19.0. The molecule has 0 radical (unpaired) electrons. The number of hydrogen-bond donors (Lipinski definition) is 1. The van der Waals surface area contributed by atoms with Crippen molar-refractivity contribution in [3.05, 3.63) is 94.8 Å². The molecule has 0 aliphatic rings. The van der Waals surface area contributed by atoms with E-state index in [1.165, 1.54) is 34.5 Å². The van der Waals surface area contributed by atoms with Gasteiger partial charge < -0.3 is 15.0 Å². The molecule has 0 saturated heterocycles. The lowest BCUT2D eigenvalue weighted by Gasteiger charge is -2.32. The Hall–Kier alpha value is -3.63. The number of anilines is 1. The number of carbonyl (C=O) groups is 2. The first-order valence-electron chi connectivity index (χ1n) is 13.2.